The van der Waals surface area contributed by atoms with E-state index in [9.17, 15) is 0 Å². The highest BCUT2D eigenvalue weighted by molar-refractivity contribution is 7.11. The average Bonchev–Trinajstić information content (AvgIpc) is 2.99. The summed E-state index contributed by atoms with van der Waals surface area (Å²) in [5, 5.41) is 6.82. The minimum atomic E-state index is 0.155. The van der Waals surface area contributed by atoms with Gasteiger partial charge in [0.15, 0.2) is 0 Å². The van der Waals surface area contributed by atoms with E-state index in [0.29, 0.717) is 11.8 Å². The predicted molar refractivity (Wildman–Crippen MR) is 64.2 cm³/mol. The molecular formula is C11H13N3O2S. The molecule has 1 aliphatic heterocycles. The van der Waals surface area contributed by atoms with Crippen LogP contribution in [0.4, 0.5) is 0 Å². The summed E-state index contributed by atoms with van der Waals surface area (Å²) in [6, 6.07) is 0. The zero-order valence-electron chi connectivity index (χ0n) is 9.50. The molecule has 17 heavy (non-hydrogen) atoms. The van der Waals surface area contributed by atoms with Gasteiger partial charge in [0.25, 0.3) is 5.19 Å². The molecule has 2 aromatic heterocycles. The first-order valence-corrected chi connectivity index (χ1v) is 6.38. The second-order valence-corrected chi connectivity index (χ2v) is 4.83. The van der Waals surface area contributed by atoms with E-state index in [1.54, 1.807) is 10.9 Å². The van der Waals surface area contributed by atoms with Crippen molar-refractivity contribution in [3.8, 4) is 16.5 Å². The minimum absolute atomic E-state index is 0.155. The summed E-state index contributed by atoms with van der Waals surface area (Å²) in [6.45, 7) is 1.45. The molecule has 0 amide bonds. The molecule has 0 N–H and O–H groups in total. The lowest BCUT2D eigenvalue weighted by Gasteiger charge is -2.07. The second-order valence-electron chi connectivity index (χ2n) is 4.00. The van der Waals surface area contributed by atoms with Gasteiger partial charge in [-0.05, 0) is 0 Å². The fourth-order valence-electron chi connectivity index (χ4n) is 1.75. The van der Waals surface area contributed by atoms with Crippen molar-refractivity contribution in [2.24, 2.45) is 7.05 Å². The molecule has 1 atom stereocenters. The number of hydrogen-bond acceptors (Lipinski definition) is 5. The number of thiazole rings is 1. The summed E-state index contributed by atoms with van der Waals surface area (Å²) in [4.78, 5) is 4.44. The summed E-state index contributed by atoms with van der Waals surface area (Å²) < 4.78 is 12.8. The van der Waals surface area contributed by atoms with E-state index in [-0.39, 0.29) is 6.10 Å². The van der Waals surface area contributed by atoms with E-state index in [2.05, 4.69) is 10.1 Å². The molecule has 0 spiro atoms. The smallest absolute Gasteiger partial charge is 0.274 e. The molecule has 1 unspecified atom stereocenters. The minimum Gasteiger partial charge on any atom is -0.464 e. The van der Waals surface area contributed by atoms with Crippen LogP contribution in [0, 0.1) is 0 Å². The first kappa shape index (κ1) is 10.7. The topological polar surface area (TPSA) is 49.2 Å². The van der Waals surface area contributed by atoms with Crippen molar-refractivity contribution in [1.82, 2.24) is 14.8 Å². The Bertz CT molecular complexity index is 502. The molecule has 5 nitrogen and oxygen atoms in total. The summed E-state index contributed by atoms with van der Waals surface area (Å²) in [5.41, 5.74) is 1.93. The van der Waals surface area contributed by atoms with Crippen LogP contribution in [0.2, 0.25) is 0 Å². The number of hydrogen-bond donors (Lipinski definition) is 0. The van der Waals surface area contributed by atoms with Crippen molar-refractivity contribution in [2.45, 2.75) is 12.5 Å². The quantitative estimate of drug-likeness (QED) is 0.833. The van der Waals surface area contributed by atoms with Crippen LogP contribution in [0.3, 0.4) is 0 Å². The van der Waals surface area contributed by atoms with Crippen LogP contribution in [0.15, 0.2) is 17.8 Å². The van der Waals surface area contributed by atoms with Crippen LogP contribution in [-0.4, -0.2) is 34.1 Å². The molecule has 90 valence electrons. The molecule has 6 heteroatoms. The maximum atomic E-state index is 5.74. The standard InChI is InChI=1S/C11H13N3O2S/c1-14-5-8(4-12-14)10-7-17-11(13-10)16-9-2-3-15-6-9/h4-5,7,9H,2-3,6H2,1H3. The van der Waals surface area contributed by atoms with Crippen molar-refractivity contribution in [2.75, 3.05) is 13.2 Å². The molecule has 1 aliphatic rings. The summed E-state index contributed by atoms with van der Waals surface area (Å²) >= 11 is 1.51. The van der Waals surface area contributed by atoms with Gasteiger partial charge in [0.1, 0.15) is 6.10 Å². The molecule has 0 aromatic carbocycles. The zero-order chi connectivity index (χ0) is 11.7. The van der Waals surface area contributed by atoms with Gasteiger partial charge < -0.3 is 9.47 Å². The van der Waals surface area contributed by atoms with Crippen molar-refractivity contribution >= 4 is 11.3 Å². The molecule has 0 saturated carbocycles. The third-order valence-electron chi connectivity index (χ3n) is 2.64. The Hall–Kier alpha value is -1.40. The van der Waals surface area contributed by atoms with Crippen LogP contribution in [0.1, 0.15) is 6.42 Å². The van der Waals surface area contributed by atoms with Gasteiger partial charge in [-0.15, -0.1) is 0 Å². The Balaban J connectivity index is 1.73. The predicted octanol–water partition coefficient (Wildman–Crippen LogP) is 1.71. The van der Waals surface area contributed by atoms with Gasteiger partial charge in [-0.1, -0.05) is 11.3 Å². The van der Waals surface area contributed by atoms with Gasteiger partial charge >= 0.3 is 0 Å². The molecule has 0 aliphatic carbocycles. The highest BCUT2D eigenvalue weighted by Gasteiger charge is 2.18. The van der Waals surface area contributed by atoms with Crippen LogP contribution >= 0.6 is 11.3 Å². The van der Waals surface area contributed by atoms with E-state index in [1.165, 1.54) is 11.3 Å². The molecule has 2 aromatic rings. The molecule has 1 fully saturated rings. The number of nitrogens with zero attached hydrogens (tertiary/aromatic N) is 3. The molecule has 0 radical (unpaired) electrons. The zero-order valence-corrected chi connectivity index (χ0v) is 10.3. The van der Waals surface area contributed by atoms with Crippen molar-refractivity contribution in [3.63, 3.8) is 0 Å². The van der Waals surface area contributed by atoms with E-state index in [1.807, 2.05) is 18.6 Å². The Morgan fingerprint density at radius 2 is 2.53 bits per heavy atom. The largest absolute Gasteiger partial charge is 0.464 e. The van der Waals surface area contributed by atoms with Crippen LogP contribution in [0.5, 0.6) is 5.19 Å². The maximum Gasteiger partial charge on any atom is 0.274 e. The molecule has 1 saturated heterocycles. The molecule has 0 bridgehead atoms. The van der Waals surface area contributed by atoms with Gasteiger partial charge in [0, 0.05) is 30.6 Å². The highest BCUT2D eigenvalue weighted by atomic mass is 32.1. The van der Waals surface area contributed by atoms with E-state index in [4.69, 9.17) is 9.47 Å². The van der Waals surface area contributed by atoms with E-state index in [0.717, 1.165) is 24.3 Å². The molecule has 3 rings (SSSR count). The van der Waals surface area contributed by atoms with Crippen molar-refractivity contribution < 1.29 is 9.47 Å². The molecule has 3 heterocycles. The fraction of sp³-hybridized carbons (Fsp3) is 0.455. The van der Waals surface area contributed by atoms with Gasteiger partial charge in [-0.3, -0.25) is 4.68 Å². The van der Waals surface area contributed by atoms with Crippen LogP contribution in [0.25, 0.3) is 11.3 Å². The normalized spacial score (nSPS) is 19.7. The Labute approximate surface area is 103 Å². The lowest BCUT2D eigenvalue weighted by atomic mass is 10.3. The lowest BCUT2D eigenvalue weighted by Crippen LogP contribution is -2.15. The van der Waals surface area contributed by atoms with Gasteiger partial charge in [0.05, 0.1) is 25.1 Å². The number of rotatable bonds is 3. The highest BCUT2D eigenvalue weighted by Crippen LogP contribution is 2.27. The van der Waals surface area contributed by atoms with E-state index < -0.39 is 0 Å². The second kappa shape index (κ2) is 4.46. The van der Waals surface area contributed by atoms with E-state index >= 15 is 0 Å². The molecular weight excluding hydrogens is 238 g/mol. The van der Waals surface area contributed by atoms with Crippen LogP contribution < -0.4 is 4.74 Å². The monoisotopic (exact) mass is 251 g/mol. The van der Waals surface area contributed by atoms with Gasteiger partial charge in [-0.25, -0.2) is 4.98 Å². The van der Waals surface area contributed by atoms with Gasteiger partial charge in [0.2, 0.25) is 0 Å². The van der Waals surface area contributed by atoms with Crippen molar-refractivity contribution in [3.05, 3.63) is 17.8 Å². The number of ether oxygens (including phenoxy) is 2. The number of aryl methyl sites for hydroxylation is 1. The Morgan fingerprint density at radius 3 is 3.24 bits per heavy atom. The third kappa shape index (κ3) is 2.32. The number of aromatic nitrogens is 3. The average molecular weight is 251 g/mol. The third-order valence-corrected chi connectivity index (χ3v) is 3.37. The van der Waals surface area contributed by atoms with Gasteiger partial charge in [-0.2, -0.15) is 5.10 Å². The maximum absolute atomic E-state index is 5.74. The Morgan fingerprint density at radius 1 is 1.59 bits per heavy atom. The fourth-order valence-corrected chi connectivity index (χ4v) is 2.49. The van der Waals surface area contributed by atoms with Crippen LogP contribution in [-0.2, 0) is 11.8 Å². The summed E-state index contributed by atoms with van der Waals surface area (Å²) in [6.07, 6.45) is 4.85. The Kier molecular flexibility index (Phi) is 2.82. The summed E-state index contributed by atoms with van der Waals surface area (Å²) in [5.74, 6) is 0. The van der Waals surface area contributed by atoms with Crippen molar-refractivity contribution in [1.29, 1.82) is 0 Å². The lowest BCUT2D eigenvalue weighted by molar-refractivity contribution is 0.141. The first-order chi connectivity index (χ1) is 8.31. The first-order valence-electron chi connectivity index (χ1n) is 5.50. The summed E-state index contributed by atoms with van der Waals surface area (Å²) in [7, 11) is 1.89. The SMILES string of the molecule is Cn1cc(-c2csc(OC3CCOC3)n2)cn1.